The fourth-order valence-electron chi connectivity index (χ4n) is 3.92. The zero-order chi connectivity index (χ0) is 25.1. The molecule has 3 aromatic heterocycles. The van der Waals surface area contributed by atoms with E-state index in [0.717, 1.165) is 12.1 Å². The summed E-state index contributed by atoms with van der Waals surface area (Å²) in [6.45, 7) is 5.20. The number of amides is 2. The predicted molar refractivity (Wildman–Crippen MR) is 139 cm³/mol. The Bertz CT molecular complexity index is 1550. The Hall–Kier alpha value is -4.79. The Balaban J connectivity index is 1.50. The molecule has 0 aliphatic heterocycles. The number of hydrogen-bond acceptors (Lipinski definition) is 5. The SMILES string of the molecule is CCn1cc(-c2cc(C(=O)Nc3cn(CC)nc3C(=O)Nc3ccccc3)c3ccccc3n2)cn1. The van der Waals surface area contributed by atoms with Crippen molar-refractivity contribution in [2.24, 2.45) is 0 Å². The van der Waals surface area contributed by atoms with Crippen molar-refractivity contribution < 1.29 is 9.59 Å². The van der Waals surface area contributed by atoms with E-state index in [1.807, 2.05) is 67.2 Å². The number of rotatable bonds is 7. The highest BCUT2D eigenvalue weighted by Gasteiger charge is 2.21. The summed E-state index contributed by atoms with van der Waals surface area (Å²) in [7, 11) is 0. The second kappa shape index (κ2) is 9.83. The Labute approximate surface area is 207 Å². The van der Waals surface area contributed by atoms with Gasteiger partial charge in [-0.2, -0.15) is 10.2 Å². The molecule has 3 heterocycles. The Morgan fingerprint density at radius 2 is 1.61 bits per heavy atom. The lowest BCUT2D eigenvalue weighted by molar-refractivity contribution is 0.102. The second-order valence-electron chi connectivity index (χ2n) is 8.18. The van der Waals surface area contributed by atoms with Crippen LogP contribution in [0.5, 0.6) is 0 Å². The van der Waals surface area contributed by atoms with Gasteiger partial charge in [0.05, 0.1) is 28.7 Å². The molecule has 0 unspecified atom stereocenters. The summed E-state index contributed by atoms with van der Waals surface area (Å²) in [5.74, 6) is -0.766. The maximum atomic E-state index is 13.6. The standard InChI is InChI=1S/C27H25N7O2/c1-3-33-16-18(15-28-33)23-14-21(20-12-8-9-13-22(20)30-23)26(35)31-24-17-34(4-2)32-25(24)27(36)29-19-10-6-5-7-11-19/h5-17H,3-4H2,1-2H3,(H,29,36)(H,31,35). The normalized spacial score (nSPS) is 10.9. The van der Waals surface area contributed by atoms with Gasteiger partial charge in [-0.05, 0) is 38.1 Å². The smallest absolute Gasteiger partial charge is 0.278 e. The van der Waals surface area contributed by atoms with Gasteiger partial charge >= 0.3 is 0 Å². The quantitative estimate of drug-likeness (QED) is 0.347. The highest BCUT2D eigenvalue weighted by atomic mass is 16.2. The minimum Gasteiger partial charge on any atom is -0.321 e. The first-order valence-electron chi connectivity index (χ1n) is 11.7. The third kappa shape index (κ3) is 4.58. The molecule has 9 heteroatoms. The number of aryl methyl sites for hydroxylation is 2. The number of para-hydroxylation sites is 2. The molecule has 5 aromatic rings. The zero-order valence-electron chi connectivity index (χ0n) is 20.0. The van der Waals surface area contributed by atoms with E-state index < -0.39 is 5.91 Å². The van der Waals surface area contributed by atoms with E-state index in [1.165, 1.54) is 0 Å². The largest absolute Gasteiger partial charge is 0.321 e. The van der Waals surface area contributed by atoms with Gasteiger partial charge in [0.1, 0.15) is 0 Å². The van der Waals surface area contributed by atoms with E-state index in [1.54, 1.807) is 35.3 Å². The molecule has 0 atom stereocenters. The number of pyridine rings is 1. The highest BCUT2D eigenvalue weighted by molar-refractivity contribution is 6.15. The summed E-state index contributed by atoms with van der Waals surface area (Å²) < 4.78 is 3.42. The maximum Gasteiger partial charge on any atom is 0.278 e. The Morgan fingerprint density at radius 1 is 0.861 bits per heavy atom. The van der Waals surface area contributed by atoms with E-state index >= 15 is 0 Å². The molecule has 0 spiro atoms. The first-order valence-corrected chi connectivity index (χ1v) is 11.7. The van der Waals surface area contributed by atoms with Crippen molar-refractivity contribution in [2.75, 3.05) is 10.6 Å². The van der Waals surface area contributed by atoms with Crippen molar-refractivity contribution in [2.45, 2.75) is 26.9 Å². The lowest BCUT2D eigenvalue weighted by atomic mass is 10.0. The monoisotopic (exact) mass is 479 g/mol. The van der Waals surface area contributed by atoms with Crippen LogP contribution in [0.4, 0.5) is 11.4 Å². The summed E-state index contributed by atoms with van der Waals surface area (Å²) in [5.41, 5.74) is 3.70. The van der Waals surface area contributed by atoms with Gasteiger partial charge in [-0.15, -0.1) is 0 Å². The zero-order valence-corrected chi connectivity index (χ0v) is 20.0. The topological polar surface area (TPSA) is 107 Å². The third-order valence-corrected chi connectivity index (χ3v) is 5.79. The van der Waals surface area contributed by atoms with E-state index in [-0.39, 0.29) is 11.6 Å². The van der Waals surface area contributed by atoms with E-state index in [0.29, 0.717) is 40.1 Å². The minimum absolute atomic E-state index is 0.136. The van der Waals surface area contributed by atoms with Gasteiger partial charge in [-0.1, -0.05) is 36.4 Å². The molecule has 180 valence electrons. The number of carbonyl (C=O) groups excluding carboxylic acids is 2. The van der Waals surface area contributed by atoms with E-state index in [4.69, 9.17) is 4.98 Å². The van der Waals surface area contributed by atoms with Crippen LogP contribution in [0.1, 0.15) is 34.7 Å². The van der Waals surface area contributed by atoms with Crippen LogP contribution >= 0.6 is 0 Å². The van der Waals surface area contributed by atoms with E-state index in [2.05, 4.69) is 20.8 Å². The average Bonchev–Trinajstić information content (AvgIpc) is 3.56. The van der Waals surface area contributed by atoms with Crippen molar-refractivity contribution in [3.8, 4) is 11.3 Å². The number of anilines is 2. The number of nitrogens with one attached hydrogen (secondary N) is 2. The molecule has 0 radical (unpaired) electrons. The van der Waals surface area contributed by atoms with Crippen molar-refractivity contribution >= 4 is 34.1 Å². The number of aromatic nitrogens is 5. The number of carbonyl (C=O) groups is 2. The fraction of sp³-hybridized carbons (Fsp3) is 0.148. The number of hydrogen-bond donors (Lipinski definition) is 2. The minimum atomic E-state index is -0.407. The first-order chi connectivity index (χ1) is 17.6. The lowest BCUT2D eigenvalue weighted by Gasteiger charge is -2.10. The number of benzene rings is 2. The first kappa shape index (κ1) is 23.0. The molecule has 5 rings (SSSR count). The molecule has 0 aliphatic carbocycles. The van der Waals surface area contributed by atoms with Gasteiger partial charge in [-0.3, -0.25) is 19.0 Å². The second-order valence-corrected chi connectivity index (χ2v) is 8.18. The number of fused-ring (bicyclic) bond motifs is 1. The van der Waals surface area contributed by atoms with Gasteiger partial charge in [0.25, 0.3) is 11.8 Å². The highest BCUT2D eigenvalue weighted by Crippen LogP contribution is 2.26. The van der Waals surface area contributed by atoms with Crippen LogP contribution in [-0.2, 0) is 13.1 Å². The Morgan fingerprint density at radius 3 is 2.36 bits per heavy atom. The molecule has 2 N–H and O–H groups in total. The molecular formula is C27H25N7O2. The molecule has 9 nitrogen and oxygen atoms in total. The molecule has 0 saturated carbocycles. The molecule has 0 fully saturated rings. The van der Waals surface area contributed by atoms with Gasteiger partial charge in [0.15, 0.2) is 5.69 Å². The van der Waals surface area contributed by atoms with E-state index in [9.17, 15) is 9.59 Å². The molecule has 0 bridgehead atoms. The van der Waals surface area contributed by atoms with Gasteiger partial charge in [0.2, 0.25) is 0 Å². The molecule has 2 aromatic carbocycles. The summed E-state index contributed by atoms with van der Waals surface area (Å²) in [4.78, 5) is 31.3. The van der Waals surface area contributed by atoms with Crippen LogP contribution in [0, 0.1) is 0 Å². The summed E-state index contributed by atoms with van der Waals surface area (Å²) in [6.07, 6.45) is 5.29. The van der Waals surface area contributed by atoms with Gasteiger partial charge in [0, 0.05) is 42.1 Å². The van der Waals surface area contributed by atoms with Crippen LogP contribution in [0.2, 0.25) is 0 Å². The molecule has 2 amide bonds. The molecule has 0 saturated heterocycles. The maximum absolute atomic E-state index is 13.6. The van der Waals surface area contributed by atoms with Crippen molar-refractivity contribution in [3.63, 3.8) is 0 Å². The third-order valence-electron chi connectivity index (χ3n) is 5.79. The number of nitrogens with zero attached hydrogens (tertiary/aromatic N) is 5. The van der Waals surface area contributed by atoms with Crippen molar-refractivity contribution in [1.29, 1.82) is 0 Å². The van der Waals surface area contributed by atoms with Gasteiger partial charge < -0.3 is 10.6 Å². The molecule has 36 heavy (non-hydrogen) atoms. The Kier molecular flexibility index (Phi) is 6.27. The lowest BCUT2D eigenvalue weighted by Crippen LogP contribution is -2.18. The van der Waals surface area contributed by atoms with Crippen molar-refractivity contribution in [1.82, 2.24) is 24.5 Å². The van der Waals surface area contributed by atoms with Crippen molar-refractivity contribution in [3.05, 3.63) is 90.5 Å². The summed E-state index contributed by atoms with van der Waals surface area (Å²) in [6, 6.07) is 18.3. The molecule has 0 aliphatic rings. The van der Waals surface area contributed by atoms with Crippen LogP contribution in [0.25, 0.3) is 22.2 Å². The summed E-state index contributed by atoms with van der Waals surface area (Å²) >= 11 is 0. The van der Waals surface area contributed by atoms with Gasteiger partial charge in [-0.25, -0.2) is 4.98 Å². The van der Waals surface area contributed by atoms with Crippen LogP contribution in [0.3, 0.4) is 0 Å². The van der Waals surface area contributed by atoms with Crippen LogP contribution < -0.4 is 10.6 Å². The predicted octanol–water partition coefficient (Wildman–Crippen LogP) is 4.84. The van der Waals surface area contributed by atoms with Crippen LogP contribution in [0.15, 0.2) is 79.3 Å². The summed E-state index contributed by atoms with van der Waals surface area (Å²) in [5, 5.41) is 15.2. The average molecular weight is 480 g/mol. The fourth-order valence-corrected chi connectivity index (χ4v) is 3.92. The molecular weight excluding hydrogens is 454 g/mol. The van der Waals surface area contributed by atoms with Crippen LogP contribution in [-0.4, -0.2) is 36.4 Å².